The van der Waals surface area contributed by atoms with E-state index in [1.807, 2.05) is 41.3 Å². The summed E-state index contributed by atoms with van der Waals surface area (Å²) in [5.74, 6) is 0.456. The monoisotopic (exact) mass is 350 g/mol. The molecule has 134 valence electrons. The average Bonchev–Trinajstić information content (AvgIpc) is 3.50. The van der Waals surface area contributed by atoms with Crippen LogP contribution in [-0.2, 0) is 17.8 Å². The third kappa shape index (κ3) is 3.43. The highest BCUT2D eigenvalue weighted by Crippen LogP contribution is 2.33. The smallest absolute Gasteiger partial charge is 0.248 e. The fourth-order valence-corrected chi connectivity index (χ4v) is 3.47. The van der Waals surface area contributed by atoms with Crippen LogP contribution < -0.4 is 10.5 Å². The van der Waals surface area contributed by atoms with Crippen molar-refractivity contribution in [3.8, 4) is 5.75 Å². The molecule has 5 heteroatoms. The van der Waals surface area contributed by atoms with Crippen molar-refractivity contribution in [2.75, 3.05) is 6.61 Å². The summed E-state index contributed by atoms with van der Waals surface area (Å²) in [7, 11) is 0. The van der Waals surface area contributed by atoms with Gasteiger partial charge in [0, 0.05) is 18.2 Å². The van der Waals surface area contributed by atoms with E-state index in [1.165, 1.54) is 0 Å². The molecule has 1 atom stereocenters. The van der Waals surface area contributed by atoms with E-state index in [0.717, 1.165) is 36.1 Å². The van der Waals surface area contributed by atoms with Gasteiger partial charge < -0.3 is 15.4 Å². The lowest BCUT2D eigenvalue weighted by molar-refractivity contribution is -0.138. The number of nitrogens with zero attached hydrogens (tertiary/aromatic N) is 1. The number of primary amides is 1. The Morgan fingerprint density at radius 1 is 1.08 bits per heavy atom. The van der Waals surface area contributed by atoms with Crippen molar-refractivity contribution in [1.29, 1.82) is 0 Å². The van der Waals surface area contributed by atoms with Gasteiger partial charge in [-0.1, -0.05) is 30.3 Å². The molecule has 0 saturated heterocycles. The molecule has 1 heterocycles. The first kappa shape index (κ1) is 16.6. The normalized spacial score (nSPS) is 18.5. The summed E-state index contributed by atoms with van der Waals surface area (Å²) in [6.45, 7) is 0.986. The zero-order valence-corrected chi connectivity index (χ0v) is 14.6. The fraction of sp³-hybridized carbons (Fsp3) is 0.333. The lowest BCUT2D eigenvalue weighted by atomic mass is 9.95. The molecule has 0 bridgehead atoms. The van der Waals surface area contributed by atoms with Crippen LogP contribution in [0, 0.1) is 5.92 Å². The molecule has 1 aliphatic heterocycles. The van der Waals surface area contributed by atoms with Crippen LogP contribution in [0.2, 0.25) is 0 Å². The molecule has 4 rings (SSSR count). The molecule has 2 aliphatic rings. The molecule has 1 saturated carbocycles. The van der Waals surface area contributed by atoms with Gasteiger partial charge in [-0.2, -0.15) is 0 Å². The molecule has 0 spiro atoms. The molecule has 2 aromatic rings. The molecule has 1 aliphatic carbocycles. The molecular weight excluding hydrogens is 328 g/mol. The lowest BCUT2D eigenvalue weighted by Crippen LogP contribution is -2.41. The summed E-state index contributed by atoms with van der Waals surface area (Å²) in [5.41, 5.74) is 7.88. The number of hydrogen-bond acceptors (Lipinski definition) is 3. The second-order valence-corrected chi connectivity index (χ2v) is 7.08. The first-order valence-corrected chi connectivity index (χ1v) is 9.02. The minimum absolute atomic E-state index is 0.143. The van der Waals surface area contributed by atoms with Gasteiger partial charge >= 0.3 is 0 Å². The summed E-state index contributed by atoms with van der Waals surface area (Å²) in [6.07, 6.45) is 2.82. The first-order valence-electron chi connectivity index (χ1n) is 9.02. The molecular formula is C21H22N2O3. The number of amides is 2. The van der Waals surface area contributed by atoms with Gasteiger partial charge in [0.05, 0.1) is 5.92 Å². The van der Waals surface area contributed by atoms with E-state index >= 15 is 0 Å². The van der Waals surface area contributed by atoms with Crippen molar-refractivity contribution in [3.63, 3.8) is 0 Å². The highest BCUT2D eigenvalue weighted by Gasteiger charge is 2.37. The van der Waals surface area contributed by atoms with Crippen LogP contribution in [0.15, 0.2) is 48.5 Å². The van der Waals surface area contributed by atoms with Crippen LogP contribution in [-0.4, -0.2) is 29.4 Å². The summed E-state index contributed by atoms with van der Waals surface area (Å²) in [6, 6.07) is 15.4. The minimum Gasteiger partial charge on any atom is -0.492 e. The highest BCUT2D eigenvalue weighted by molar-refractivity contribution is 5.92. The van der Waals surface area contributed by atoms with E-state index in [4.69, 9.17) is 10.5 Å². The summed E-state index contributed by atoms with van der Waals surface area (Å²) in [5, 5.41) is 0. The lowest BCUT2D eigenvalue weighted by Gasteiger charge is -2.30. The van der Waals surface area contributed by atoms with Crippen LogP contribution in [0.3, 0.4) is 0 Å². The Bertz CT molecular complexity index is 827. The Morgan fingerprint density at radius 3 is 2.50 bits per heavy atom. The largest absolute Gasteiger partial charge is 0.492 e. The van der Waals surface area contributed by atoms with Crippen molar-refractivity contribution in [2.24, 2.45) is 11.7 Å². The molecule has 1 fully saturated rings. The quantitative estimate of drug-likeness (QED) is 0.901. The van der Waals surface area contributed by atoms with Crippen LogP contribution in [0.1, 0.15) is 34.3 Å². The molecule has 2 amide bonds. The molecule has 26 heavy (non-hydrogen) atoms. The van der Waals surface area contributed by atoms with Gasteiger partial charge in [0.1, 0.15) is 12.4 Å². The number of hydrogen-bond donors (Lipinski definition) is 1. The fourth-order valence-electron chi connectivity index (χ4n) is 3.47. The Balaban J connectivity index is 1.48. The number of carbonyl (C=O) groups is 2. The Kier molecular flexibility index (Phi) is 4.37. The number of benzene rings is 2. The van der Waals surface area contributed by atoms with Crippen LogP contribution >= 0.6 is 0 Å². The predicted octanol–water partition coefficient (Wildman–Crippen LogP) is 2.53. The molecule has 2 aromatic carbocycles. The van der Waals surface area contributed by atoms with E-state index in [2.05, 4.69) is 0 Å². The van der Waals surface area contributed by atoms with Gasteiger partial charge in [-0.3, -0.25) is 9.59 Å². The standard InChI is InChI=1S/C21H22N2O3/c22-20(24)15-7-5-14(6-8-15)12-23(18-9-10-18)21(25)17-11-16-3-1-2-4-19(16)26-13-17/h1-8,17-18H,9-13H2,(H2,22,24). The maximum Gasteiger partial charge on any atom is 0.248 e. The molecule has 0 radical (unpaired) electrons. The summed E-state index contributed by atoms with van der Waals surface area (Å²) >= 11 is 0. The Labute approximate surface area is 152 Å². The SMILES string of the molecule is NC(=O)c1ccc(CN(C(=O)C2COc3ccccc3C2)C2CC2)cc1. The molecule has 2 N–H and O–H groups in total. The Hall–Kier alpha value is -2.82. The topological polar surface area (TPSA) is 72.6 Å². The molecule has 5 nitrogen and oxygen atoms in total. The highest BCUT2D eigenvalue weighted by atomic mass is 16.5. The van der Waals surface area contributed by atoms with Crippen molar-refractivity contribution in [3.05, 3.63) is 65.2 Å². The van der Waals surface area contributed by atoms with E-state index in [9.17, 15) is 9.59 Å². The van der Waals surface area contributed by atoms with E-state index < -0.39 is 5.91 Å². The van der Waals surface area contributed by atoms with Gasteiger partial charge in [-0.25, -0.2) is 0 Å². The number of nitrogens with two attached hydrogens (primary N) is 1. The van der Waals surface area contributed by atoms with Crippen LogP contribution in [0.4, 0.5) is 0 Å². The van der Waals surface area contributed by atoms with Crippen molar-refractivity contribution >= 4 is 11.8 Å². The second-order valence-electron chi connectivity index (χ2n) is 7.08. The zero-order valence-electron chi connectivity index (χ0n) is 14.6. The molecule has 0 aromatic heterocycles. The van der Waals surface area contributed by atoms with Crippen LogP contribution in [0.25, 0.3) is 0 Å². The summed E-state index contributed by atoms with van der Waals surface area (Å²) < 4.78 is 5.80. The Morgan fingerprint density at radius 2 is 1.81 bits per heavy atom. The average molecular weight is 350 g/mol. The van der Waals surface area contributed by atoms with Gasteiger partial charge in [0.25, 0.3) is 0 Å². The van der Waals surface area contributed by atoms with E-state index in [1.54, 1.807) is 12.1 Å². The van der Waals surface area contributed by atoms with Crippen molar-refractivity contribution < 1.29 is 14.3 Å². The number of rotatable bonds is 5. The van der Waals surface area contributed by atoms with E-state index in [-0.39, 0.29) is 11.8 Å². The minimum atomic E-state index is -0.440. The van der Waals surface area contributed by atoms with Crippen molar-refractivity contribution in [1.82, 2.24) is 4.90 Å². The predicted molar refractivity (Wildman–Crippen MR) is 97.7 cm³/mol. The van der Waals surface area contributed by atoms with Gasteiger partial charge in [-0.05, 0) is 48.6 Å². The van der Waals surface area contributed by atoms with Crippen molar-refractivity contribution in [2.45, 2.75) is 31.8 Å². The summed E-state index contributed by atoms with van der Waals surface area (Å²) in [4.78, 5) is 26.3. The third-order valence-corrected chi connectivity index (χ3v) is 5.09. The van der Waals surface area contributed by atoms with Crippen LogP contribution in [0.5, 0.6) is 5.75 Å². The maximum absolute atomic E-state index is 13.1. The number of carbonyl (C=O) groups excluding carboxylic acids is 2. The number of para-hydroxylation sites is 1. The zero-order chi connectivity index (χ0) is 18.1. The maximum atomic E-state index is 13.1. The van der Waals surface area contributed by atoms with Gasteiger partial charge in [0.15, 0.2) is 0 Å². The van der Waals surface area contributed by atoms with Gasteiger partial charge in [0.2, 0.25) is 11.8 Å². The third-order valence-electron chi connectivity index (χ3n) is 5.09. The molecule has 1 unspecified atom stereocenters. The number of ether oxygens (including phenoxy) is 1. The second kappa shape index (κ2) is 6.83. The van der Waals surface area contributed by atoms with E-state index in [0.29, 0.717) is 24.8 Å². The van der Waals surface area contributed by atoms with Gasteiger partial charge in [-0.15, -0.1) is 0 Å². The first-order chi connectivity index (χ1) is 12.6. The number of fused-ring (bicyclic) bond motifs is 1.